The van der Waals surface area contributed by atoms with Crippen LogP contribution in [0.25, 0.3) is 0 Å². The molecule has 0 saturated carbocycles. The fourth-order valence-corrected chi connectivity index (χ4v) is 7.46. The topological polar surface area (TPSA) is 34.1 Å². The summed E-state index contributed by atoms with van der Waals surface area (Å²) in [5.41, 5.74) is 0. The first-order chi connectivity index (χ1) is 6.90. The molecule has 0 fully saturated rings. The predicted molar refractivity (Wildman–Crippen MR) is 68.7 cm³/mol. The molecule has 2 nitrogen and oxygen atoms in total. The first kappa shape index (κ1) is 11.7. The zero-order chi connectivity index (χ0) is 11.2. The molecular weight excluding hydrogens is 268 g/mol. The number of carbonyl (C=O) groups excluding carboxylic acids is 1. The molecule has 82 valence electrons. The van der Waals surface area contributed by atoms with Crippen molar-refractivity contribution in [1.29, 1.82) is 0 Å². The van der Waals surface area contributed by atoms with Crippen LogP contribution in [0.2, 0.25) is 0 Å². The van der Waals surface area contributed by atoms with E-state index in [1.54, 1.807) is 0 Å². The Hall–Kier alpha value is 0.220. The minimum Gasteiger partial charge on any atom is -0.297 e. The Labute approximate surface area is 104 Å². The molecule has 0 aromatic carbocycles. The molecule has 0 radical (unpaired) electrons. The van der Waals surface area contributed by atoms with Gasteiger partial charge in [0.2, 0.25) is 0 Å². The van der Waals surface area contributed by atoms with E-state index in [0.29, 0.717) is 0 Å². The van der Waals surface area contributed by atoms with E-state index in [-0.39, 0.29) is 15.1 Å². The van der Waals surface area contributed by atoms with Crippen LogP contribution in [0.5, 0.6) is 0 Å². The minimum atomic E-state index is -0.415. The smallest absolute Gasteiger partial charge is 0.289 e. The molecule has 1 aliphatic heterocycles. The molecule has 2 heterocycles. The van der Waals surface area contributed by atoms with Gasteiger partial charge in [-0.2, -0.15) is 0 Å². The molecule has 1 atom stereocenters. The van der Waals surface area contributed by atoms with Crippen molar-refractivity contribution in [2.45, 2.75) is 39.2 Å². The Kier molecular flexibility index (Phi) is 3.05. The molecule has 1 unspecified atom stereocenters. The molecule has 0 spiro atoms. The first-order valence-electron chi connectivity index (χ1n) is 4.44. The second-order valence-corrected chi connectivity index (χ2v) is 9.49. The van der Waals surface area contributed by atoms with Crippen molar-refractivity contribution in [3.63, 3.8) is 0 Å². The standard InChI is InChI=1S/C9H10O2S4/c1-4-5(10)9(2,3)15-7-6(12-4)13-8(11)14-7/h4H,1-3H3. The van der Waals surface area contributed by atoms with Crippen molar-refractivity contribution in [3.8, 4) is 0 Å². The van der Waals surface area contributed by atoms with E-state index in [1.165, 1.54) is 46.2 Å². The summed E-state index contributed by atoms with van der Waals surface area (Å²) in [6.45, 7) is 5.78. The Balaban J connectivity index is 2.49. The van der Waals surface area contributed by atoms with E-state index in [1.807, 2.05) is 20.8 Å². The number of Topliss-reactive ketones (excluding diaryl/α,β-unsaturated/α-hetero) is 1. The van der Waals surface area contributed by atoms with Crippen LogP contribution in [0.3, 0.4) is 0 Å². The fourth-order valence-electron chi connectivity index (χ4n) is 1.38. The van der Waals surface area contributed by atoms with Gasteiger partial charge in [-0.3, -0.25) is 9.59 Å². The summed E-state index contributed by atoms with van der Waals surface area (Å²) >= 11 is 5.57. The van der Waals surface area contributed by atoms with Gasteiger partial charge in [0.15, 0.2) is 5.78 Å². The third-order valence-electron chi connectivity index (χ3n) is 2.11. The van der Waals surface area contributed by atoms with E-state index in [9.17, 15) is 9.59 Å². The largest absolute Gasteiger partial charge is 0.297 e. The van der Waals surface area contributed by atoms with E-state index in [0.717, 1.165) is 8.42 Å². The summed E-state index contributed by atoms with van der Waals surface area (Å²) in [5, 5.41) is -0.0565. The Bertz CT molecular complexity index is 457. The minimum absolute atomic E-state index is 0.0565. The maximum absolute atomic E-state index is 12.0. The Morgan fingerprint density at radius 3 is 2.40 bits per heavy atom. The van der Waals surface area contributed by atoms with Crippen LogP contribution in [0.15, 0.2) is 13.2 Å². The van der Waals surface area contributed by atoms with Gasteiger partial charge >= 0.3 is 0 Å². The number of hydrogen-bond acceptors (Lipinski definition) is 6. The van der Waals surface area contributed by atoms with Crippen LogP contribution in [-0.2, 0) is 4.79 Å². The molecule has 0 bridgehead atoms. The van der Waals surface area contributed by atoms with Gasteiger partial charge in [-0.25, -0.2) is 0 Å². The lowest BCUT2D eigenvalue weighted by molar-refractivity contribution is -0.119. The molecule has 1 aromatic rings. The van der Waals surface area contributed by atoms with Crippen LogP contribution >= 0.6 is 46.2 Å². The molecule has 6 heteroatoms. The van der Waals surface area contributed by atoms with Crippen molar-refractivity contribution >= 4 is 52.0 Å². The highest BCUT2D eigenvalue weighted by Crippen LogP contribution is 2.48. The second kappa shape index (κ2) is 3.91. The van der Waals surface area contributed by atoms with Gasteiger partial charge < -0.3 is 0 Å². The number of thioether (sulfide) groups is 2. The maximum atomic E-state index is 12.0. The van der Waals surface area contributed by atoms with E-state index in [2.05, 4.69) is 0 Å². The maximum Gasteiger partial charge on any atom is 0.289 e. The zero-order valence-electron chi connectivity index (χ0n) is 8.53. The van der Waals surface area contributed by atoms with Gasteiger partial charge in [0.25, 0.3) is 4.06 Å². The molecular formula is C9H10O2S4. The lowest BCUT2D eigenvalue weighted by atomic mass is 10.1. The molecule has 15 heavy (non-hydrogen) atoms. The zero-order valence-corrected chi connectivity index (χ0v) is 11.8. The van der Waals surface area contributed by atoms with Gasteiger partial charge in [0, 0.05) is 0 Å². The number of carbonyl (C=O) groups is 1. The lowest BCUT2D eigenvalue weighted by Crippen LogP contribution is -2.33. The number of rotatable bonds is 0. The van der Waals surface area contributed by atoms with Gasteiger partial charge in [0.1, 0.15) is 0 Å². The quantitative estimate of drug-likeness (QED) is 0.730. The highest BCUT2D eigenvalue weighted by molar-refractivity contribution is 8.07. The molecule has 0 amide bonds. The number of hydrogen-bond donors (Lipinski definition) is 0. The highest BCUT2D eigenvalue weighted by atomic mass is 32.2. The highest BCUT2D eigenvalue weighted by Gasteiger charge is 2.38. The van der Waals surface area contributed by atoms with Crippen molar-refractivity contribution in [2.75, 3.05) is 0 Å². The Morgan fingerprint density at radius 2 is 1.73 bits per heavy atom. The van der Waals surface area contributed by atoms with Crippen molar-refractivity contribution in [3.05, 3.63) is 8.85 Å². The SMILES string of the molecule is CC1Sc2sc(=O)sc2SC(C)(C)C1=O. The van der Waals surface area contributed by atoms with Crippen molar-refractivity contribution in [1.82, 2.24) is 0 Å². The predicted octanol–water partition coefficient (Wildman–Crippen LogP) is 3.10. The van der Waals surface area contributed by atoms with Crippen LogP contribution in [-0.4, -0.2) is 15.8 Å². The van der Waals surface area contributed by atoms with E-state index < -0.39 is 4.75 Å². The second-order valence-electron chi connectivity index (χ2n) is 3.77. The van der Waals surface area contributed by atoms with Crippen LogP contribution in [0.4, 0.5) is 0 Å². The molecule has 0 saturated heterocycles. The molecule has 0 N–H and O–H groups in total. The third kappa shape index (κ3) is 2.18. The summed E-state index contributed by atoms with van der Waals surface area (Å²) in [6, 6.07) is 0. The molecule has 1 aromatic heterocycles. The van der Waals surface area contributed by atoms with Gasteiger partial charge in [-0.1, -0.05) is 34.4 Å². The third-order valence-corrected chi connectivity index (χ3v) is 7.37. The molecule has 0 aliphatic carbocycles. The average molecular weight is 278 g/mol. The summed E-state index contributed by atoms with van der Waals surface area (Å²) in [6.07, 6.45) is 0. The molecule has 2 rings (SSSR count). The van der Waals surface area contributed by atoms with Gasteiger partial charge in [0.05, 0.1) is 18.4 Å². The fraction of sp³-hybridized carbons (Fsp3) is 0.556. The summed E-state index contributed by atoms with van der Waals surface area (Å²) in [7, 11) is 0. The van der Waals surface area contributed by atoms with Crippen LogP contribution in [0, 0.1) is 0 Å². The summed E-state index contributed by atoms with van der Waals surface area (Å²) in [4.78, 5) is 23.3. The van der Waals surface area contributed by atoms with Crippen molar-refractivity contribution < 1.29 is 4.79 Å². The average Bonchev–Trinajstić information content (AvgIpc) is 2.40. The van der Waals surface area contributed by atoms with E-state index >= 15 is 0 Å². The van der Waals surface area contributed by atoms with Crippen LogP contribution < -0.4 is 4.06 Å². The van der Waals surface area contributed by atoms with Gasteiger partial charge in [-0.15, -0.1) is 11.8 Å². The monoisotopic (exact) mass is 278 g/mol. The van der Waals surface area contributed by atoms with Gasteiger partial charge in [-0.05, 0) is 20.8 Å². The molecule has 1 aliphatic rings. The first-order valence-corrected chi connectivity index (χ1v) is 7.77. The number of ketones is 1. The Morgan fingerprint density at radius 1 is 1.13 bits per heavy atom. The number of fused-ring (bicyclic) bond motifs is 1. The van der Waals surface area contributed by atoms with Crippen LogP contribution in [0.1, 0.15) is 20.8 Å². The summed E-state index contributed by atoms with van der Waals surface area (Å²) < 4.78 is 1.73. The van der Waals surface area contributed by atoms with E-state index in [4.69, 9.17) is 0 Å². The summed E-state index contributed by atoms with van der Waals surface area (Å²) in [5.74, 6) is 0.251. The normalized spacial score (nSPS) is 24.7. The lowest BCUT2D eigenvalue weighted by Gasteiger charge is -2.21. The van der Waals surface area contributed by atoms with Crippen molar-refractivity contribution in [2.24, 2.45) is 0 Å².